The van der Waals surface area contributed by atoms with Gasteiger partial charge in [0.2, 0.25) is 5.91 Å². The van der Waals surface area contributed by atoms with Crippen LogP contribution in [-0.2, 0) is 4.79 Å². The fourth-order valence-corrected chi connectivity index (χ4v) is 2.23. The van der Waals surface area contributed by atoms with Gasteiger partial charge >= 0.3 is 0 Å². The molecule has 1 aromatic carbocycles. The third-order valence-electron chi connectivity index (χ3n) is 3.38. The minimum atomic E-state index is -0.0417. The Balaban J connectivity index is 2.39. The van der Waals surface area contributed by atoms with Gasteiger partial charge < -0.3 is 5.32 Å². The lowest BCUT2D eigenvalue weighted by molar-refractivity contribution is -0.116. The van der Waals surface area contributed by atoms with E-state index in [4.69, 9.17) is 11.6 Å². The second-order valence-corrected chi connectivity index (χ2v) is 5.49. The van der Waals surface area contributed by atoms with Crippen LogP contribution in [0, 0.1) is 5.92 Å². The average Bonchev–Trinajstić information content (AvgIpc) is 2.45. The summed E-state index contributed by atoms with van der Waals surface area (Å²) in [5, 5.41) is 3.65. The number of hydrogen-bond donors (Lipinski definition) is 1. The minimum absolute atomic E-state index is 0.0417. The molecular weight excluding hydrogens is 270 g/mol. The Labute approximate surface area is 127 Å². The molecule has 1 rings (SSSR count). The van der Waals surface area contributed by atoms with Crippen LogP contribution in [0.1, 0.15) is 45.1 Å². The van der Waals surface area contributed by atoms with E-state index >= 15 is 0 Å². The molecule has 2 nitrogen and oxygen atoms in total. The van der Waals surface area contributed by atoms with Crippen LogP contribution in [0.25, 0.3) is 6.08 Å². The van der Waals surface area contributed by atoms with Gasteiger partial charge in [-0.3, -0.25) is 4.79 Å². The van der Waals surface area contributed by atoms with E-state index in [1.807, 2.05) is 24.3 Å². The first-order valence-corrected chi connectivity index (χ1v) is 7.75. The minimum Gasteiger partial charge on any atom is -0.352 e. The van der Waals surface area contributed by atoms with Crippen LogP contribution < -0.4 is 5.32 Å². The highest BCUT2D eigenvalue weighted by Crippen LogP contribution is 2.12. The predicted molar refractivity (Wildman–Crippen MR) is 86.8 cm³/mol. The first kappa shape index (κ1) is 16.8. The van der Waals surface area contributed by atoms with Gasteiger partial charge in [0.25, 0.3) is 0 Å². The highest BCUT2D eigenvalue weighted by molar-refractivity contribution is 6.30. The zero-order valence-electron chi connectivity index (χ0n) is 12.4. The second-order valence-electron chi connectivity index (χ2n) is 5.05. The van der Waals surface area contributed by atoms with Crippen molar-refractivity contribution in [2.24, 2.45) is 5.92 Å². The Kier molecular flexibility index (Phi) is 8.05. The largest absolute Gasteiger partial charge is 0.352 e. The number of amides is 1. The summed E-state index contributed by atoms with van der Waals surface area (Å²) in [6.45, 7) is 5.13. The lowest BCUT2D eigenvalue weighted by Crippen LogP contribution is -2.27. The average molecular weight is 294 g/mol. The van der Waals surface area contributed by atoms with Gasteiger partial charge in [-0.1, -0.05) is 56.8 Å². The Morgan fingerprint density at radius 3 is 2.85 bits per heavy atom. The number of benzene rings is 1. The van der Waals surface area contributed by atoms with Gasteiger partial charge in [0, 0.05) is 17.6 Å². The van der Waals surface area contributed by atoms with Crippen molar-refractivity contribution in [3.63, 3.8) is 0 Å². The van der Waals surface area contributed by atoms with Crippen LogP contribution >= 0.6 is 11.6 Å². The summed E-state index contributed by atoms with van der Waals surface area (Å²) in [7, 11) is 0. The number of carbonyl (C=O) groups excluding carboxylic acids is 1. The van der Waals surface area contributed by atoms with E-state index in [0.717, 1.165) is 18.5 Å². The Morgan fingerprint density at radius 1 is 1.40 bits per heavy atom. The third kappa shape index (κ3) is 6.76. The normalized spacial score (nSPS) is 12.6. The number of unbranched alkanes of at least 4 members (excludes halogenated alkanes) is 1. The lowest BCUT2D eigenvalue weighted by atomic mass is 9.99. The van der Waals surface area contributed by atoms with Gasteiger partial charge in [-0.2, -0.15) is 0 Å². The van der Waals surface area contributed by atoms with Crippen molar-refractivity contribution < 1.29 is 4.79 Å². The molecule has 0 saturated carbocycles. The van der Waals surface area contributed by atoms with Gasteiger partial charge in [-0.05, 0) is 36.1 Å². The first-order chi connectivity index (χ1) is 9.65. The molecular formula is C17H24ClNO. The van der Waals surface area contributed by atoms with Crippen LogP contribution in [0.5, 0.6) is 0 Å². The van der Waals surface area contributed by atoms with Crippen molar-refractivity contribution in [1.29, 1.82) is 0 Å². The van der Waals surface area contributed by atoms with Gasteiger partial charge in [0.05, 0.1) is 0 Å². The van der Waals surface area contributed by atoms with Crippen molar-refractivity contribution >= 4 is 23.6 Å². The van der Waals surface area contributed by atoms with E-state index in [1.165, 1.54) is 19.3 Å². The number of rotatable bonds is 8. The summed E-state index contributed by atoms with van der Waals surface area (Å²) in [6, 6.07) is 7.45. The molecule has 0 heterocycles. The van der Waals surface area contributed by atoms with E-state index in [0.29, 0.717) is 10.9 Å². The Hall–Kier alpha value is -1.28. The van der Waals surface area contributed by atoms with Crippen molar-refractivity contribution in [2.75, 3.05) is 6.54 Å². The van der Waals surface area contributed by atoms with Crippen LogP contribution in [0.2, 0.25) is 5.02 Å². The van der Waals surface area contributed by atoms with Crippen LogP contribution in [0.4, 0.5) is 0 Å². The second kappa shape index (κ2) is 9.60. The topological polar surface area (TPSA) is 29.1 Å². The van der Waals surface area contributed by atoms with Crippen LogP contribution in [0.3, 0.4) is 0 Å². The summed E-state index contributed by atoms with van der Waals surface area (Å²) in [5.41, 5.74) is 0.936. The number of nitrogens with one attached hydrogen (secondary N) is 1. The molecule has 0 aromatic heterocycles. The molecule has 0 bridgehead atoms. The molecule has 3 heteroatoms. The maximum Gasteiger partial charge on any atom is 0.244 e. The molecule has 1 aromatic rings. The molecule has 0 radical (unpaired) electrons. The smallest absolute Gasteiger partial charge is 0.244 e. The zero-order valence-corrected chi connectivity index (χ0v) is 13.1. The molecule has 1 unspecified atom stereocenters. The highest BCUT2D eigenvalue weighted by Gasteiger charge is 2.06. The summed E-state index contributed by atoms with van der Waals surface area (Å²) in [4.78, 5) is 11.8. The summed E-state index contributed by atoms with van der Waals surface area (Å²) < 4.78 is 0. The summed E-state index contributed by atoms with van der Waals surface area (Å²) in [6.07, 6.45) is 8.09. The number of hydrogen-bond acceptors (Lipinski definition) is 1. The number of halogens is 1. The molecule has 0 aliphatic carbocycles. The molecule has 0 aliphatic heterocycles. The monoisotopic (exact) mass is 293 g/mol. The Morgan fingerprint density at radius 2 is 2.20 bits per heavy atom. The zero-order chi connectivity index (χ0) is 14.8. The molecule has 110 valence electrons. The predicted octanol–water partition coefficient (Wildman–Crippen LogP) is 4.69. The van der Waals surface area contributed by atoms with Gasteiger partial charge in [-0.25, -0.2) is 0 Å². The van der Waals surface area contributed by atoms with E-state index in [9.17, 15) is 4.79 Å². The molecule has 0 aliphatic rings. The number of carbonyl (C=O) groups is 1. The molecule has 20 heavy (non-hydrogen) atoms. The molecule has 0 fully saturated rings. The summed E-state index contributed by atoms with van der Waals surface area (Å²) in [5.74, 6) is 0.540. The standard InChI is InChI=1S/C17H24ClNO/c1-3-5-7-14(4-2)13-19-17(20)11-10-15-8-6-9-16(18)12-15/h6,8-12,14H,3-5,7,13H2,1-2H3,(H,19,20)/b11-10+. The molecule has 0 spiro atoms. The van der Waals surface area contributed by atoms with E-state index in [1.54, 1.807) is 12.2 Å². The van der Waals surface area contributed by atoms with Gasteiger partial charge in [0.15, 0.2) is 0 Å². The van der Waals surface area contributed by atoms with Crippen LogP contribution in [0.15, 0.2) is 30.3 Å². The Bertz CT molecular complexity index is 442. The van der Waals surface area contributed by atoms with Gasteiger partial charge in [-0.15, -0.1) is 0 Å². The highest BCUT2D eigenvalue weighted by atomic mass is 35.5. The van der Waals surface area contributed by atoms with E-state index in [-0.39, 0.29) is 5.91 Å². The molecule has 1 amide bonds. The third-order valence-corrected chi connectivity index (χ3v) is 3.62. The van der Waals surface area contributed by atoms with Crippen molar-refractivity contribution in [1.82, 2.24) is 5.32 Å². The summed E-state index contributed by atoms with van der Waals surface area (Å²) >= 11 is 5.90. The fraction of sp³-hybridized carbons (Fsp3) is 0.471. The quantitative estimate of drug-likeness (QED) is 0.692. The maximum absolute atomic E-state index is 11.8. The lowest BCUT2D eigenvalue weighted by Gasteiger charge is -2.14. The van der Waals surface area contributed by atoms with Crippen molar-refractivity contribution in [2.45, 2.75) is 39.5 Å². The van der Waals surface area contributed by atoms with Crippen molar-refractivity contribution in [3.8, 4) is 0 Å². The van der Waals surface area contributed by atoms with Crippen molar-refractivity contribution in [3.05, 3.63) is 40.9 Å². The fourth-order valence-electron chi connectivity index (χ4n) is 2.03. The van der Waals surface area contributed by atoms with E-state index < -0.39 is 0 Å². The molecule has 1 N–H and O–H groups in total. The maximum atomic E-state index is 11.8. The first-order valence-electron chi connectivity index (χ1n) is 7.37. The van der Waals surface area contributed by atoms with E-state index in [2.05, 4.69) is 19.2 Å². The molecule has 1 atom stereocenters. The SMILES string of the molecule is CCCCC(CC)CNC(=O)/C=C/c1cccc(Cl)c1. The van der Waals surface area contributed by atoms with Gasteiger partial charge in [0.1, 0.15) is 0 Å². The molecule has 0 saturated heterocycles. The van der Waals surface area contributed by atoms with Crippen LogP contribution in [-0.4, -0.2) is 12.5 Å².